The quantitative estimate of drug-likeness (QED) is 0.687. The van der Waals surface area contributed by atoms with E-state index in [-0.39, 0.29) is 11.9 Å². The van der Waals surface area contributed by atoms with Crippen molar-refractivity contribution >= 4 is 23.1 Å². The van der Waals surface area contributed by atoms with Crippen LogP contribution in [0.4, 0.5) is 11.5 Å². The molecule has 144 valence electrons. The van der Waals surface area contributed by atoms with Gasteiger partial charge in [0.2, 0.25) is 5.91 Å². The average molecular weight is 377 g/mol. The summed E-state index contributed by atoms with van der Waals surface area (Å²) < 4.78 is 1.59. The first kappa shape index (κ1) is 17.1. The number of nitrogens with zero attached hydrogens (tertiary/aromatic N) is 7. The first-order chi connectivity index (χ1) is 13.7. The highest BCUT2D eigenvalue weighted by Gasteiger charge is 2.37. The molecule has 2 fully saturated rings. The van der Waals surface area contributed by atoms with Crippen molar-refractivity contribution in [3.63, 3.8) is 0 Å². The minimum Gasteiger partial charge on any atom is -0.353 e. The second-order valence-electron chi connectivity index (χ2n) is 7.35. The molecule has 4 heterocycles. The summed E-state index contributed by atoms with van der Waals surface area (Å²) in [6.45, 7) is 6.06. The van der Waals surface area contributed by atoms with Crippen molar-refractivity contribution in [2.24, 2.45) is 0 Å². The molecule has 3 aromatic rings. The molecule has 2 saturated heterocycles. The first-order valence-corrected chi connectivity index (χ1v) is 9.75. The zero-order valence-electron chi connectivity index (χ0n) is 15.9. The van der Waals surface area contributed by atoms with E-state index in [0.29, 0.717) is 0 Å². The van der Waals surface area contributed by atoms with Crippen LogP contribution in [-0.2, 0) is 4.79 Å². The fourth-order valence-corrected chi connectivity index (χ4v) is 4.18. The number of amides is 1. The Balaban J connectivity index is 1.25. The molecule has 0 spiro atoms. The second kappa shape index (κ2) is 6.87. The number of hydrogen-bond donors (Lipinski definition) is 0. The van der Waals surface area contributed by atoms with E-state index in [0.717, 1.165) is 62.1 Å². The Morgan fingerprint density at radius 3 is 2.50 bits per heavy atom. The number of para-hydroxylation sites is 1. The lowest BCUT2D eigenvalue weighted by Crippen LogP contribution is -2.52. The van der Waals surface area contributed by atoms with Crippen LogP contribution in [0.25, 0.3) is 5.65 Å². The highest BCUT2D eigenvalue weighted by Crippen LogP contribution is 2.25. The largest absolute Gasteiger partial charge is 0.353 e. The van der Waals surface area contributed by atoms with Gasteiger partial charge in [0, 0.05) is 38.4 Å². The van der Waals surface area contributed by atoms with Gasteiger partial charge in [0.15, 0.2) is 11.5 Å². The number of rotatable bonds is 3. The molecule has 0 saturated carbocycles. The zero-order valence-corrected chi connectivity index (χ0v) is 15.9. The Bertz CT molecular complexity index is 994. The van der Waals surface area contributed by atoms with Gasteiger partial charge in [-0.3, -0.25) is 9.69 Å². The maximum Gasteiger partial charge on any atom is 0.244 e. The molecule has 2 aromatic heterocycles. The highest BCUT2D eigenvalue weighted by atomic mass is 16.2. The van der Waals surface area contributed by atoms with E-state index in [1.54, 1.807) is 4.63 Å². The Kier molecular flexibility index (Phi) is 4.20. The lowest BCUT2D eigenvalue weighted by molar-refractivity contribution is -0.121. The van der Waals surface area contributed by atoms with Gasteiger partial charge in [-0.25, -0.2) is 4.98 Å². The SMILES string of the molecule is Cc1nc2ccc(N3CCN(C4CCN(c5ccccc5)C4=O)CC3)nn2n1. The summed E-state index contributed by atoms with van der Waals surface area (Å²) in [5.74, 6) is 1.84. The molecule has 0 aliphatic carbocycles. The number of carbonyl (C=O) groups is 1. The third-order valence-electron chi connectivity index (χ3n) is 5.62. The van der Waals surface area contributed by atoms with Crippen molar-refractivity contribution in [2.45, 2.75) is 19.4 Å². The van der Waals surface area contributed by atoms with E-state index in [9.17, 15) is 4.79 Å². The molecule has 8 heteroatoms. The minimum atomic E-state index is -0.0178. The highest BCUT2D eigenvalue weighted by molar-refractivity contribution is 5.99. The first-order valence-electron chi connectivity index (χ1n) is 9.75. The Labute approximate surface area is 163 Å². The molecule has 0 bridgehead atoms. The van der Waals surface area contributed by atoms with Crippen LogP contribution in [0.1, 0.15) is 12.2 Å². The van der Waals surface area contributed by atoms with Gasteiger partial charge >= 0.3 is 0 Å². The molecular weight excluding hydrogens is 354 g/mol. The Morgan fingerprint density at radius 1 is 0.929 bits per heavy atom. The Hall–Kier alpha value is -3.00. The molecule has 0 radical (unpaired) electrons. The van der Waals surface area contributed by atoms with Crippen molar-refractivity contribution in [3.05, 3.63) is 48.3 Å². The molecule has 5 rings (SSSR count). The number of carbonyl (C=O) groups excluding carboxylic acids is 1. The van der Waals surface area contributed by atoms with E-state index in [1.807, 2.05) is 54.3 Å². The van der Waals surface area contributed by atoms with Crippen LogP contribution in [0.3, 0.4) is 0 Å². The van der Waals surface area contributed by atoms with Gasteiger partial charge in [-0.2, -0.15) is 0 Å². The van der Waals surface area contributed by atoms with Crippen LogP contribution >= 0.6 is 0 Å². The summed E-state index contributed by atoms with van der Waals surface area (Å²) in [6.07, 6.45) is 0.885. The van der Waals surface area contributed by atoms with Gasteiger partial charge in [-0.1, -0.05) is 18.2 Å². The number of anilines is 2. The molecule has 1 amide bonds. The summed E-state index contributed by atoms with van der Waals surface area (Å²) in [7, 11) is 0. The molecule has 28 heavy (non-hydrogen) atoms. The van der Waals surface area contributed by atoms with E-state index < -0.39 is 0 Å². The fourth-order valence-electron chi connectivity index (χ4n) is 4.18. The van der Waals surface area contributed by atoms with Crippen LogP contribution in [-0.4, -0.2) is 69.4 Å². The predicted molar refractivity (Wildman–Crippen MR) is 107 cm³/mol. The fraction of sp³-hybridized carbons (Fsp3) is 0.400. The van der Waals surface area contributed by atoms with Gasteiger partial charge in [-0.05, 0) is 37.6 Å². The maximum absolute atomic E-state index is 12.9. The van der Waals surface area contributed by atoms with Crippen LogP contribution in [0, 0.1) is 6.92 Å². The average Bonchev–Trinajstić information content (AvgIpc) is 3.29. The Morgan fingerprint density at radius 2 is 1.71 bits per heavy atom. The van der Waals surface area contributed by atoms with Gasteiger partial charge in [0.1, 0.15) is 5.82 Å². The van der Waals surface area contributed by atoms with Gasteiger partial charge in [-0.15, -0.1) is 14.8 Å². The number of aryl methyl sites for hydroxylation is 1. The predicted octanol–water partition coefficient (Wildman–Crippen LogP) is 1.36. The lowest BCUT2D eigenvalue weighted by atomic mass is 10.2. The van der Waals surface area contributed by atoms with Crippen molar-refractivity contribution in [1.29, 1.82) is 0 Å². The van der Waals surface area contributed by atoms with Crippen LogP contribution in [0.5, 0.6) is 0 Å². The summed E-state index contributed by atoms with van der Waals surface area (Å²) in [4.78, 5) is 23.8. The van der Waals surface area contributed by atoms with Gasteiger partial charge in [0.25, 0.3) is 0 Å². The van der Waals surface area contributed by atoms with Crippen LogP contribution < -0.4 is 9.80 Å². The van der Waals surface area contributed by atoms with Gasteiger partial charge < -0.3 is 9.80 Å². The van der Waals surface area contributed by atoms with Crippen LogP contribution in [0.15, 0.2) is 42.5 Å². The van der Waals surface area contributed by atoms with Crippen LogP contribution in [0.2, 0.25) is 0 Å². The van der Waals surface area contributed by atoms with E-state index in [4.69, 9.17) is 0 Å². The van der Waals surface area contributed by atoms with Crippen molar-refractivity contribution in [2.75, 3.05) is 42.5 Å². The smallest absolute Gasteiger partial charge is 0.244 e. The minimum absolute atomic E-state index is 0.0178. The van der Waals surface area contributed by atoms with Crippen molar-refractivity contribution in [3.8, 4) is 0 Å². The van der Waals surface area contributed by atoms with E-state index in [1.165, 1.54) is 0 Å². The summed E-state index contributed by atoms with van der Waals surface area (Å²) in [5, 5.41) is 8.89. The second-order valence-corrected chi connectivity index (χ2v) is 7.35. The topological polar surface area (TPSA) is 69.9 Å². The normalized spacial score (nSPS) is 21.0. The zero-order chi connectivity index (χ0) is 19.1. The number of benzene rings is 1. The summed E-state index contributed by atoms with van der Waals surface area (Å²) >= 11 is 0. The maximum atomic E-state index is 12.9. The molecule has 1 atom stereocenters. The molecule has 2 aliphatic heterocycles. The molecule has 8 nitrogen and oxygen atoms in total. The monoisotopic (exact) mass is 377 g/mol. The molecule has 2 aliphatic rings. The van der Waals surface area contributed by atoms with Crippen molar-refractivity contribution in [1.82, 2.24) is 24.7 Å². The molecule has 0 N–H and O–H groups in total. The lowest BCUT2D eigenvalue weighted by Gasteiger charge is -2.37. The summed E-state index contributed by atoms with van der Waals surface area (Å²) in [6, 6.07) is 13.9. The third kappa shape index (κ3) is 2.99. The molecule has 1 aromatic carbocycles. The van der Waals surface area contributed by atoms with E-state index >= 15 is 0 Å². The number of piperazine rings is 1. The summed E-state index contributed by atoms with van der Waals surface area (Å²) in [5.41, 5.74) is 1.76. The number of hydrogen-bond acceptors (Lipinski definition) is 6. The standard InChI is InChI=1S/C20H23N7O/c1-15-21-18-7-8-19(23-27(18)22-15)25-13-11-24(12-14-25)17-9-10-26(20(17)28)16-5-3-2-4-6-16/h2-8,17H,9-14H2,1H3. The van der Waals surface area contributed by atoms with Crippen molar-refractivity contribution < 1.29 is 4.79 Å². The van der Waals surface area contributed by atoms with Gasteiger partial charge in [0.05, 0.1) is 6.04 Å². The third-order valence-corrected chi connectivity index (χ3v) is 5.62. The number of fused-ring (bicyclic) bond motifs is 1. The van der Waals surface area contributed by atoms with E-state index in [2.05, 4.69) is 25.0 Å². The molecule has 1 unspecified atom stereocenters. The molecular formula is C20H23N7O. The number of aromatic nitrogens is 4.